The standard InChI is InChI=1S/C26H29FN2O3S/c1-21-12-13-24(27)20-25(21)33(30,31)29-16-14-28(15-17-29)18-19-32-26(22-8-4-2-5-9-22)23-10-6-3-7-11-23/h2-13,20,26H,14-19H2,1H3. The zero-order valence-electron chi connectivity index (χ0n) is 18.7. The molecule has 0 N–H and O–H groups in total. The number of piperazine rings is 1. The molecule has 7 heteroatoms. The summed E-state index contributed by atoms with van der Waals surface area (Å²) < 4.78 is 47.4. The van der Waals surface area contributed by atoms with Gasteiger partial charge in [-0.1, -0.05) is 66.7 Å². The monoisotopic (exact) mass is 468 g/mol. The highest BCUT2D eigenvalue weighted by atomic mass is 32.2. The Morgan fingerprint density at radius 2 is 1.45 bits per heavy atom. The second-order valence-corrected chi connectivity index (χ2v) is 10.1. The van der Waals surface area contributed by atoms with Crippen LogP contribution >= 0.6 is 0 Å². The molecule has 1 heterocycles. The van der Waals surface area contributed by atoms with Gasteiger partial charge in [0.2, 0.25) is 10.0 Å². The average molecular weight is 469 g/mol. The Morgan fingerprint density at radius 1 is 0.879 bits per heavy atom. The Hall–Kier alpha value is -2.58. The summed E-state index contributed by atoms with van der Waals surface area (Å²) in [5, 5.41) is 0. The molecule has 0 aromatic heterocycles. The third kappa shape index (κ3) is 5.68. The molecule has 3 aromatic carbocycles. The van der Waals surface area contributed by atoms with E-state index < -0.39 is 15.8 Å². The molecule has 33 heavy (non-hydrogen) atoms. The number of rotatable bonds is 8. The molecule has 5 nitrogen and oxygen atoms in total. The molecule has 1 saturated heterocycles. The van der Waals surface area contributed by atoms with E-state index in [9.17, 15) is 12.8 Å². The molecule has 174 valence electrons. The van der Waals surface area contributed by atoms with E-state index in [-0.39, 0.29) is 11.0 Å². The predicted octanol–water partition coefficient (Wildman–Crippen LogP) is 4.25. The number of ether oxygens (including phenoxy) is 1. The van der Waals surface area contributed by atoms with Crippen molar-refractivity contribution in [2.75, 3.05) is 39.3 Å². The summed E-state index contributed by atoms with van der Waals surface area (Å²) in [4.78, 5) is 2.25. The molecule has 3 aromatic rings. The van der Waals surface area contributed by atoms with E-state index in [2.05, 4.69) is 29.2 Å². The summed E-state index contributed by atoms with van der Waals surface area (Å²) in [6.07, 6.45) is -0.148. The smallest absolute Gasteiger partial charge is 0.243 e. The van der Waals surface area contributed by atoms with E-state index in [4.69, 9.17) is 4.74 Å². The molecule has 1 aliphatic heterocycles. The molecule has 0 saturated carbocycles. The van der Waals surface area contributed by atoms with Gasteiger partial charge in [0.25, 0.3) is 0 Å². The van der Waals surface area contributed by atoms with Crippen molar-refractivity contribution >= 4 is 10.0 Å². The molecule has 0 aliphatic carbocycles. The number of hydrogen-bond donors (Lipinski definition) is 0. The van der Waals surface area contributed by atoms with Crippen molar-refractivity contribution in [1.82, 2.24) is 9.21 Å². The maximum absolute atomic E-state index is 13.7. The lowest BCUT2D eigenvalue weighted by molar-refractivity contribution is 0.0527. The Labute approximate surface area is 195 Å². The molecule has 1 aliphatic rings. The minimum Gasteiger partial charge on any atom is -0.367 e. The van der Waals surface area contributed by atoms with Crippen molar-refractivity contribution in [1.29, 1.82) is 0 Å². The molecular formula is C26H29FN2O3S. The lowest BCUT2D eigenvalue weighted by Gasteiger charge is -2.34. The normalized spacial score (nSPS) is 15.7. The van der Waals surface area contributed by atoms with Gasteiger partial charge in [0, 0.05) is 32.7 Å². The summed E-state index contributed by atoms with van der Waals surface area (Å²) in [5.41, 5.74) is 2.76. The second-order valence-electron chi connectivity index (χ2n) is 8.23. The number of benzene rings is 3. The first-order chi connectivity index (χ1) is 15.9. The summed E-state index contributed by atoms with van der Waals surface area (Å²) in [6, 6.07) is 24.2. The van der Waals surface area contributed by atoms with Crippen LogP contribution < -0.4 is 0 Å². The summed E-state index contributed by atoms with van der Waals surface area (Å²) in [5.74, 6) is -0.540. The van der Waals surface area contributed by atoms with Gasteiger partial charge in [0.15, 0.2) is 0 Å². The molecule has 0 unspecified atom stereocenters. The van der Waals surface area contributed by atoms with E-state index in [1.54, 1.807) is 6.92 Å². The maximum Gasteiger partial charge on any atom is 0.243 e. The van der Waals surface area contributed by atoms with Gasteiger partial charge in [-0.15, -0.1) is 0 Å². The lowest BCUT2D eigenvalue weighted by atomic mass is 10.0. The Balaban J connectivity index is 1.34. The number of sulfonamides is 1. The van der Waals surface area contributed by atoms with Gasteiger partial charge in [-0.3, -0.25) is 4.90 Å². The first kappa shape index (κ1) is 23.6. The number of halogens is 1. The predicted molar refractivity (Wildman–Crippen MR) is 127 cm³/mol. The maximum atomic E-state index is 13.7. The number of hydrogen-bond acceptors (Lipinski definition) is 4. The Morgan fingerprint density at radius 3 is 2.03 bits per heavy atom. The molecule has 0 atom stereocenters. The fourth-order valence-corrected chi connectivity index (χ4v) is 5.78. The van der Waals surface area contributed by atoms with Crippen molar-refractivity contribution in [2.24, 2.45) is 0 Å². The average Bonchev–Trinajstić information content (AvgIpc) is 2.84. The molecule has 0 amide bonds. The van der Waals surface area contributed by atoms with Crippen LogP contribution in [0.1, 0.15) is 22.8 Å². The highest BCUT2D eigenvalue weighted by Gasteiger charge is 2.30. The van der Waals surface area contributed by atoms with Crippen LogP contribution in [0, 0.1) is 12.7 Å². The zero-order valence-corrected chi connectivity index (χ0v) is 19.5. The molecular weight excluding hydrogens is 439 g/mol. The van der Waals surface area contributed by atoms with Gasteiger partial charge in [0.1, 0.15) is 11.9 Å². The lowest BCUT2D eigenvalue weighted by Crippen LogP contribution is -2.49. The van der Waals surface area contributed by atoms with Gasteiger partial charge in [-0.05, 0) is 35.7 Å². The second kappa shape index (κ2) is 10.6. The largest absolute Gasteiger partial charge is 0.367 e. The Kier molecular flexibility index (Phi) is 7.55. The summed E-state index contributed by atoms with van der Waals surface area (Å²) in [6.45, 7) is 4.90. The van der Waals surface area contributed by atoms with Crippen molar-refractivity contribution in [2.45, 2.75) is 17.9 Å². The van der Waals surface area contributed by atoms with Crippen molar-refractivity contribution in [3.63, 3.8) is 0 Å². The molecule has 1 fully saturated rings. The van der Waals surface area contributed by atoms with Crippen LogP contribution in [0.3, 0.4) is 0 Å². The molecule has 4 rings (SSSR count). The third-order valence-corrected chi connectivity index (χ3v) is 8.04. The third-order valence-electron chi connectivity index (χ3n) is 6.00. The molecule has 0 spiro atoms. The van der Waals surface area contributed by atoms with Crippen LogP contribution in [0.2, 0.25) is 0 Å². The Bertz CT molecular complexity index is 1110. The SMILES string of the molecule is Cc1ccc(F)cc1S(=O)(=O)N1CCN(CCOC(c2ccccc2)c2ccccc2)CC1. The van der Waals surface area contributed by atoms with E-state index in [0.29, 0.717) is 44.9 Å². The summed E-state index contributed by atoms with van der Waals surface area (Å²) >= 11 is 0. The number of aryl methyl sites for hydroxylation is 1. The first-order valence-electron chi connectivity index (χ1n) is 11.2. The fourth-order valence-electron chi connectivity index (χ4n) is 4.12. The van der Waals surface area contributed by atoms with Crippen LogP contribution in [-0.2, 0) is 14.8 Å². The summed E-state index contributed by atoms with van der Waals surface area (Å²) in [7, 11) is -3.71. The first-order valence-corrected chi connectivity index (χ1v) is 12.6. The van der Waals surface area contributed by atoms with Crippen LogP contribution in [-0.4, -0.2) is 57.0 Å². The zero-order chi connectivity index (χ0) is 23.3. The number of nitrogens with zero attached hydrogens (tertiary/aromatic N) is 2. The van der Waals surface area contributed by atoms with E-state index in [1.165, 1.54) is 16.4 Å². The quantitative estimate of drug-likeness (QED) is 0.496. The highest BCUT2D eigenvalue weighted by molar-refractivity contribution is 7.89. The van der Waals surface area contributed by atoms with Crippen LogP contribution in [0.15, 0.2) is 83.8 Å². The van der Waals surface area contributed by atoms with Crippen LogP contribution in [0.5, 0.6) is 0 Å². The highest BCUT2D eigenvalue weighted by Crippen LogP contribution is 2.26. The van der Waals surface area contributed by atoms with Gasteiger partial charge < -0.3 is 4.74 Å². The van der Waals surface area contributed by atoms with E-state index >= 15 is 0 Å². The van der Waals surface area contributed by atoms with E-state index in [1.807, 2.05) is 36.4 Å². The van der Waals surface area contributed by atoms with Crippen LogP contribution in [0.4, 0.5) is 4.39 Å². The van der Waals surface area contributed by atoms with Gasteiger partial charge in [0.05, 0.1) is 11.5 Å². The van der Waals surface area contributed by atoms with E-state index in [0.717, 1.165) is 17.2 Å². The molecule has 0 bridgehead atoms. The fraction of sp³-hybridized carbons (Fsp3) is 0.308. The van der Waals surface area contributed by atoms with Crippen molar-refractivity contribution in [3.8, 4) is 0 Å². The van der Waals surface area contributed by atoms with Crippen molar-refractivity contribution in [3.05, 3.63) is 101 Å². The van der Waals surface area contributed by atoms with Gasteiger partial charge >= 0.3 is 0 Å². The minimum absolute atomic E-state index is 0.0489. The van der Waals surface area contributed by atoms with Crippen molar-refractivity contribution < 1.29 is 17.5 Å². The minimum atomic E-state index is -3.71. The topological polar surface area (TPSA) is 49.9 Å². The van der Waals surface area contributed by atoms with Gasteiger partial charge in [-0.2, -0.15) is 4.31 Å². The molecule has 0 radical (unpaired) electrons. The van der Waals surface area contributed by atoms with Gasteiger partial charge in [-0.25, -0.2) is 12.8 Å². The van der Waals surface area contributed by atoms with Crippen LogP contribution in [0.25, 0.3) is 0 Å².